The molecule has 2 heterocycles. The van der Waals surface area contributed by atoms with Crippen molar-refractivity contribution >= 4 is 33.0 Å². The van der Waals surface area contributed by atoms with Crippen molar-refractivity contribution in [2.24, 2.45) is 5.92 Å². The molecule has 1 aliphatic heterocycles. The minimum absolute atomic E-state index is 0.0650. The number of benzene rings is 1. The molecule has 0 saturated carbocycles. The maximum Gasteiger partial charge on any atom is 0.265 e. The Kier molecular flexibility index (Phi) is 5.21. The predicted octanol–water partition coefficient (Wildman–Crippen LogP) is 3.56. The van der Waals surface area contributed by atoms with Crippen LogP contribution in [0.5, 0.6) is 0 Å². The van der Waals surface area contributed by atoms with Gasteiger partial charge in [-0.1, -0.05) is 19.1 Å². The van der Waals surface area contributed by atoms with Crippen LogP contribution in [0.4, 0.5) is 10.1 Å². The van der Waals surface area contributed by atoms with Gasteiger partial charge in [-0.3, -0.25) is 4.79 Å². The number of piperidine rings is 1. The van der Waals surface area contributed by atoms with Gasteiger partial charge < -0.3 is 5.32 Å². The van der Waals surface area contributed by atoms with E-state index in [-0.39, 0.29) is 15.5 Å². The maximum atomic E-state index is 13.6. The number of amides is 1. The lowest BCUT2D eigenvalue weighted by Crippen LogP contribution is -2.38. The highest BCUT2D eigenvalue weighted by Gasteiger charge is 2.30. The molecule has 1 saturated heterocycles. The summed E-state index contributed by atoms with van der Waals surface area (Å²) in [6, 6.07) is 7.20. The van der Waals surface area contributed by atoms with Crippen molar-refractivity contribution in [3.8, 4) is 0 Å². The predicted molar refractivity (Wildman–Crippen MR) is 95.8 cm³/mol. The van der Waals surface area contributed by atoms with Gasteiger partial charge in [-0.2, -0.15) is 4.31 Å². The van der Waals surface area contributed by atoms with Crippen molar-refractivity contribution in [2.75, 3.05) is 18.4 Å². The quantitative estimate of drug-likeness (QED) is 0.879. The van der Waals surface area contributed by atoms with Crippen molar-refractivity contribution in [1.82, 2.24) is 4.31 Å². The van der Waals surface area contributed by atoms with Crippen molar-refractivity contribution in [3.05, 3.63) is 46.4 Å². The Labute approximate surface area is 150 Å². The molecule has 1 atom stereocenters. The van der Waals surface area contributed by atoms with Crippen LogP contribution in [0.25, 0.3) is 0 Å². The van der Waals surface area contributed by atoms with Crippen molar-refractivity contribution in [2.45, 2.75) is 24.7 Å². The summed E-state index contributed by atoms with van der Waals surface area (Å²) in [6.45, 7) is 3.02. The minimum atomic E-state index is -3.60. The van der Waals surface area contributed by atoms with Crippen LogP contribution in [0.3, 0.4) is 0 Å². The molecule has 3 rings (SSSR count). The van der Waals surface area contributed by atoms with Crippen LogP contribution in [0.1, 0.15) is 29.4 Å². The summed E-state index contributed by atoms with van der Waals surface area (Å²) in [5.41, 5.74) is 0.0650. The molecule has 1 aliphatic rings. The first-order chi connectivity index (χ1) is 11.9. The molecule has 8 heteroatoms. The molecule has 1 aromatic heterocycles. The summed E-state index contributed by atoms with van der Waals surface area (Å²) in [5.74, 6) is -0.739. The zero-order chi connectivity index (χ0) is 18.0. The van der Waals surface area contributed by atoms with Crippen LogP contribution < -0.4 is 5.32 Å². The fraction of sp³-hybridized carbons (Fsp3) is 0.353. The van der Waals surface area contributed by atoms with Crippen molar-refractivity contribution < 1.29 is 17.6 Å². The summed E-state index contributed by atoms with van der Waals surface area (Å²) in [6.07, 6.45) is 1.86. The second kappa shape index (κ2) is 7.23. The second-order valence-corrected chi connectivity index (χ2v) is 9.04. The Morgan fingerprint density at radius 3 is 2.84 bits per heavy atom. The van der Waals surface area contributed by atoms with Crippen LogP contribution in [0, 0.1) is 11.7 Å². The fourth-order valence-corrected chi connectivity index (χ4v) is 5.59. The standard InChI is InChI=1S/C17H19FN2O3S2/c1-12-5-4-8-20(10-12)25(22,23)13-9-16(24-11-13)17(21)19-15-7-3-2-6-14(15)18/h2-3,6-7,9,11-12H,4-5,8,10H2,1H3,(H,19,21)/t12-/m0/s1. The minimum Gasteiger partial charge on any atom is -0.319 e. The summed E-state index contributed by atoms with van der Waals surface area (Å²) in [4.78, 5) is 12.6. The summed E-state index contributed by atoms with van der Waals surface area (Å²) < 4.78 is 40.5. The summed E-state index contributed by atoms with van der Waals surface area (Å²) in [5, 5.41) is 3.93. The molecule has 0 aliphatic carbocycles. The van der Waals surface area contributed by atoms with Crippen LogP contribution in [0.2, 0.25) is 0 Å². The number of hydrogen-bond acceptors (Lipinski definition) is 4. The molecular formula is C17H19FN2O3S2. The van der Waals surface area contributed by atoms with Crippen LogP contribution >= 0.6 is 11.3 Å². The largest absolute Gasteiger partial charge is 0.319 e. The average molecular weight is 382 g/mol. The molecular weight excluding hydrogens is 363 g/mol. The third-order valence-corrected chi connectivity index (χ3v) is 7.10. The lowest BCUT2D eigenvalue weighted by Gasteiger charge is -2.29. The van der Waals surface area contributed by atoms with Gasteiger partial charge in [0, 0.05) is 18.5 Å². The van der Waals surface area contributed by atoms with Gasteiger partial charge in [0.2, 0.25) is 10.0 Å². The normalized spacial score (nSPS) is 18.9. The number of carbonyl (C=O) groups is 1. The topological polar surface area (TPSA) is 66.5 Å². The van der Waals surface area contributed by atoms with Gasteiger partial charge in [0.1, 0.15) is 5.82 Å². The monoisotopic (exact) mass is 382 g/mol. The Bertz CT molecular complexity index is 880. The third-order valence-electron chi connectivity index (χ3n) is 4.18. The Hall–Kier alpha value is -1.77. The lowest BCUT2D eigenvalue weighted by atomic mass is 10.0. The SMILES string of the molecule is C[C@H]1CCCN(S(=O)(=O)c2csc(C(=O)Nc3ccccc3F)c2)C1. The number of carbonyl (C=O) groups excluding carboxylic acids is 1. The van der Waals surface area contributed by atoms with E-state index in [0.29, 0.717) is 19.0 Å². The molecule has 1 fully saturated rings. The number of sulfonamides is 1. The van der Waals surface area contributed by atoms with E-state index in [1.165, 1.54) is 34.0 Å². The highest BCUT2D eigenvalue weighted by molar-refractivity contribution is 7.89. The zero-order valence-corrected chi connectivity index (χ0v) is 15.4. The van der Waals surface area contributed by atoms with Crippen molar-refractivity contribution in [1.29, 1.82) is 0 Å². The lowest BCUT2D eigenvalue weighted by molar-refractivity contribution is 0.103. The van der Waals surface area contributed by atoms with E-state index in [4.69, 9.17) is 0 Å². The third kappa shape index (κ3) is 3.91. The molecule has 0 bridgehead atoms. The van der Waals surface area contributed by atoms with Gasteiger partial charge >= 0.3 is 0 Å². The molecule has 25 heavy (non-hydrogen) atoms. The van der Waals surface area contributed by atoms with Gasteiger partial charge in [0.15, 0.2) is 0 Å². The average Bonchev–Trinajstić information content (AvgIpc) is 3.08. The van der Waals surface area contributed by atoms with E-state index in [1.54, 1.807) is 6.07 Å². The van der Waals surface area contributed by atoms with Gasteiger partial charge in [0.25, 0.3) is 5.91 Å². The number of nitrogens with zero attached hydrogens (tertiary/aromatic N) is 1. The first-order valence-corrected chi connectivity index (χ1v) is 10.3. The molecule has 1 N–H and O–H groups in total. The zero-order valence-electron chi connectivity index (χ0n) is 13.7. The summed E-state index contributed by atoms with van der Waals surface area (Å²) in [7, 11) is -3.60. The number of anilines is 1. The number of para-hydroxylation sites is 1. The first-order valence-electron chi connectivity index (χ1n) is 8.02. The molecule has 1 amide bonds. The van der Waals surface area contributed by atoms with Crippen LogP contribution in [-0.4, -0.2) is 31.7 Å². The number of nitrogens with one attached hydrogen (secondary N) is 1. The molecule has 5 nitrogen and oxygen atoms in total. The Morgan fingerprint density at radius 2 is 2.12 bits per heavy atom. The summed E-state index contributed by atoms with van der Waals surface area (Å²) >= 11 is 1.03. The highest BCUT2D eigenvalue weighted by atomic mass is 32.2. The first kappa shape index (κ1) is 18.0. The van der Waals surface area contributed by atoms with Gasteiger partial charge in [-0.25, -0.2) is 12.8 Å². The number of hydrogen-bond donors (Lipinski definition) is 1. The van der Waals surface area contributed by atoms with Gasteiger partial charge in [-0.05, 0) is 37.0 Å². The van der Waals surface area contributed by atoms with Crippen molar-refractivity contribution in [3.63, 3.8) is 0 Å². The van der Waals surface area contributed by atoms with Gasteiger partial charge in [0.05, 0.1) is 15.5 Å². The highest BCUT2D eigenvalue weighted by Crippen LogP contribution is 2.27. The van der Waals surface area contributed by atoms with E-state index in [2.05, 4.69) is 5.32 Å². The molecule has 2 aromatic rings. The number of thiophene rings is 1. The molecule has 0 radical (unpaired) electrons. The van der Waals surface area contributed by atoms with Gasteiger partial charge in [-0.15, -0.1) is 11.3 Å². The molecule has 1 aromatic carbocycles. The van der Waals surface area contributed by atoms with Crippen LogP contribution in [-0.2, 0) is 10.0 Å². The van der Waals surface area contributed by atoms with Crippen LogP contribution in [0.15, 0.2) is 40.6 Å². The van der Waals surface area contributed by atoms with E-state index in [0.717, 1.165) is 24.2 Å². The van der Waals surface area contributed by atoms with E-state index < -0.39 is 21.7 Å². The molecule has 0 unspecified atom stereocenters. The molecule has 134 valence electrons. The number of rotatable bonds is 4. The second-order valence-electron chi connectivity index (χ2n) is 6.19. The fourth-order valence-electron chi connectivity index (χ4n) is 2.83. The number of halogens is 1. The maximum absolute atomic E-state index is 13.6. The molecule has 0 spiro atoms. The Balaban J connectivity index is 1.77. The van der Waals surface area contributed by atoms with E-state index in [1.807, 2.05) is 6.92 Å². The van der Waals surface area contributed by atoms with E-state index >= 15 is 0 Å². The smallest absolute Gasteiger partial charge is 0.265 e. The van der Waals surface area contributed by atoms with E-state index in [9.17, 15) is 17.6 Å². The Morgan fingerprint density at radius 1 is 1.36 bits per heavy atom.